The number of carbonyl (C=O) groups excluding carboxylic acids is 1. The summed E-state index contributed by atoms with van der Waals surface area (Å²) in [6.45, 7) is 2.76. The highest BCUT2D eigenvalue weighted by atomic mass is 35.5. The van der Waals surface area contributed by atoms with Gasteiger partial charge in [-0.1, -0.05) is 29.0 Å². The van der Waals surface area contributed by atoms with Crippen LogP contribution < -0.4 is 5.32 Å². The molecule has 1 fully saturated rings. The van der Waals surface area contributed by atoms with E-state index in [4.69, 9.17) is 16.3 Å². The molecule has 12 heteroatoms. The van der Waals surface area contributed by atoms with E-state index < -0.39 is 27.7 Å². The van der Waals surface area contributed by atoms with Gasteiger partial charge < -0.3 is 10.1 Å². The van der Waals surface area contributed by atoms with E-state index in [1.54, 1.807) is 6.92 Å². The van der Waals surface area contributed by atoms with Crippen molar-refractivity contribution >= 4 is 44.6 Å². The Labute approximate surface area is 200 Å². The maximum absolute atomic E-state index is 13.7. The normalized spacial score (nSPS) is 20.6. The molecule has 174 valence electrons. The van der Waals surface area contributed by atoms with Crippen molar-refractivity contribution in [1.29, 1.82) is 0 Å². The van der Waals surface area contributed by atoms with Crippen LogP contribution in [0.3, 0.4) is 0 Å². The quantitative estimate of drug-likeness (QED) is 0.594. The van der Waals surface area contributed by atoms with Crippen LogP contribution in [0.1, 0.15) is 23.5 Å². The Balaban J connectivity index is 1.79. The molecule has 1 aromatic heterocycles. The summed E-state index contributed by atoms with van der Waals surface area (Å²) in [4.78, 5) is 23.8. The molecule has 0 bridgehead atoms. The molecule has 1 N–H and O–H groups in total. The second kappa shape index (κ2) is 9.77. The molecule has 2 aliphatic heterocycles. The number of rotatable bonds is 6. The number of hydrogen-bond donors (Lipinski definition) is 1. The number of hydrogen-bond acceptors (Lipinski definition) is 9. The van der Waals surface area contributed by atoms with E-state index in [0.717, 1.165) is 6.07 Å². The van der Waals surface area contributed by atoms with Crippen LogP contribution in [-0.2, 0) is 19.4 Å². The van der Waals surface area contributed by atoms with Gasteiger partial charge in [-0.15, -0.1) is 0 Å². The molecule has 0 radical (unpaired) electrons. The summed E-state index contributed by atoms with van der Waals surface area (Å²) in [5, 5.41) is 6.57. The zero-order valence-electron chi connectivity index (χ0n) is 17.6. The van der Waals surface area contributed by atoms with Gasteiger partial charge in [-0.3, -0.25) is 9.89 Å². The SMILES string of the molecule is CCOC(=O)C1=C(CN2CCS(=O)(=O)CC2)NC(c2nc#cs2)=N[C@H]1c1ccc(F)cc1Cl. The number of aromatic nitrogens is 1. The van der Waals surface area contributed by atoms with E-state index in [0.29, 0.717) is 35.2 Å². The van der Waals surface area contributed by atoms with Crippen molar-refractivity contribution in [3.63, 3.8) is 0 Å². The first-order valence-corrected chi connectivity index (χ1v) is 13.2. The molecule has 2 aromatic rings. The number of benzene rings is 1. The van der Waals surface area contributed by atoms with Gasteiger partial charge in [0.15, 0.2) is 20.7 Å². The van der Waals surface area contributed by atoms with Crippen molar-refractivity contribution in [3.05, 3.63) is 62.5 Å². The van der Waals surface area contributed by atoms with Gasteiger partial charge >= 0.3 is 5.97 Å². The molecule has 33 heavy (non-hydrogen) atoms. The number of ether oxygens (including phenoxy) is 1. The lowest BCUT2D eigenvalue weighted by atomic mass is 9.95. The molecule has 1 saturated heterocycles. The fourth-order valence-corrected chi connectivity index (χ4v) is 5.65. The van der Waals surface area contributed by atoms with Crippen LogP contribution in [0, 0.1) is 17.4 Å². The maximum atomic E-state index is 13.7. The summed E-state index contributed by atoms with van der Waals surface area (Å²) in [7, 11) is -3.07. The number of aliphatic imine (C=N–C) groups is 1. The predicted octanol–water partition coefficient (Wildman–Crippen LogP) is 2.17. The van der Waals surface area contributed by atoms with Crippen LogP contribution in [0.4, 0.5) is 4.39 Å². The highest BCUT2D eigenvalue weighted by molar-refractivity contribution is 7.91. The van der Waals surface area contributed by atoms with Crippen LogP contribution in [0.5, 0.6) is 0 Å². The lowest BCUT2D eigenvalue weighted by Gasteiger charge is -2.32. The minimum atomic E-state index is -3.07. The summed E-state index contributed by atoms with van der Waals surface area (Å²) in [5.41, 5.74) is 1.16. The van der Waals surface area contributed by atoms with Gasteiger partial charge in [0.25, 0.3) is 0 Å². The van der Waals surface area contributed by atoms with E-state index in [9.17, 15) is 17.6 Å². The topological polar surface area (TPSA) is 101 Å². The molecular weight excluding hydrogens is 491 g/mol. The molecule has 8 nitrogen and oxygen atoms in total. The summed E-state index contributed by atoms with van der Waals surface area (Å²) < 4.78 is 42.7. The number of carbonyl (C=O) groups is 1. The van der Waals surface area contributed by atoms with E-state index >= 15 is 0 Å². The minimum absolute atomic E-state index is 0.0413. The molecule has 1 aromatic carbocycles. The summed E-state index contributed by atoms with van der Waals surface area (Å²) in [6.07, 6.45) is 2.62. The molecule has 0 saturated carbocycles. The van der Waals surface area contributed by atoms with Crippen molar-refractivity contribution in [2.45, 2.75) is 13.0 Å². The van der Waals surface area contributed by atoms with Crippen molar-refractivity contribution in [3.8, 4) is 0 Å². The summed E-state index contributed by atoms with van der Waals surface area (Å²) in [5.74, 6) is -0.632. The maximum Gasteiger partial charge on any atom is 0.338 e. The molecule has 0 spiro atoms. The van der Waals surface area contributed by atoms with Gasteiger partial charge in [-0.2, -0.15) is 4.98 Å². The molecule has 1 atom stereocenters. The fraction of sp³-hybridized carbons (Fsp3) is 0.381. The molecule has 0 amide bonds. The van der Waals surface area contributed by atoms with E-state index in [1.807, 2.05) is 4.90 Å². The zero-order chi connectivity index (χ0) is 23.6. The van der Waals surface area contributed by atoms with E-state index in [-0.39, 0.29) is 35.3 Å². The van der Waals surface area contributed by atoms with Crippen molar-refractivity contribution < 1.29 is 22.3 Å². The number of nitrogens with one attached hydrogen (secondary N) is 1. The fourth-order valence-electron chi connectivity index (χ4n) is 3.63. The first-order valence-electron chi connectivity index (χ1n) is 10.1. The van der Waals surface area contributed by atoms with E-state index in [2.05, 4.69) is 26.9 Å². The number of amidine groups is 1. The Hall–Kier alpha value is -2.52. The number of nitrogens with zero attached hydrogens (tertiary/aromatic N) is 3. The lowest BCUT2D eigenvalue weighted by molar-refractivity contribution is -0.139. The van der Waals surface area contributed by atoms with Crippen LogP contribution in [0.25, 0.3) is 0 Å². The Bertz CT molecular complexity index is 1200. The third-order valence-electron chi connectivity index (χ3n) is 5.25. The Kier molecular flexibility index (Phi) is 6.99. The van der Waals surface area contributed by atoms with Crippen molar-refractivity contribution in [1.82, 2.24) is 15.2 Å². The molecule has 0 unspecified atom stereocenters. The predicted molar refractivity (Wildman–Crippen MR) is 122 cm³/mol. The highest BCUT2D eigenvalue weighted by Gasteiger charge is 2.35. The second-order valence-corrected chi connectivity index (χ2v) is 11.0. The Morgan fingerprint density at radius 2 is 2.15 bits per heavy atom. The molecule has 2 aliphatic rings. The van der Waals surface area contributed by atoms with Gasteiger partial charge in [0.2, 0.25) is 0 Å². The summed E-state index contributed by atoms with van der Waals surface area (Å²) >= 11 is 7.54. The standard InChI is InChI=1S/C21H20ClFN4O4S2/c1-2-31-21(28)17-16(12-27-6-9-33(29,30)10-7-27)25-19(20-24-5-8-32-20)26-18(17)14-4-3-13(23)11-15(14)22/h3-4,11,18H,2,6-7,9-10,12H2,1H3,(H,25,26)/t18-/m0/s1. The third kappa shape index (κ3) is 5.35. The van der Waals surface area contributed by atoms with Gasteiger partial charge in [0, 0.05) is 41.3 Å². The van der Waals surface area contributed by atoms with E-state index in [1.165, 1.54) is 23.5 Å². The largest absolute Gasteiger partial charge is 0.463 e. The number of halogens is 2. The molecular formula is C21H20ClFN4O4S2. The Morgan fingerprint density at radius 3 is 2.79 bits per heavy atom. The molecule has 3 heterocycles. The van der Waals surface area contributed by atoms with Gasteiger partial charge in [-0.25, -0.2) is 17.6 Å². The van der Waals surface area contributed by atoms with Gasteiger partial charge in [0.1, 0.15) is 11.9 Å². The first kappa shape index (κ1) is 23.6. The van der Waals surface area contributed by atoms with Gasteiger partial charge in [0.05, 0.1) is 29.9 Å². The average Bonchev–Trinajstić information content (AvgIpc) is 3.30. The van der Waals surface area contributed by atoms with Crippen LogP contribution in [0.15, 0.2) is 34.5 Å². The molecule has 0 aliphatic carbocycles. The minimum Gasteiger partial charge on any atom is -0.463 e. The van der Waals surface area contributed by atoms with Crippen molar-refractivity contribution in [2.24, 2.45) is 4.99 Å². The number of esters is 1. The Morgan fingerprint density at radius 1 is 1.39 bits per heavy atom. The summed E-state index contributed by atoms with van der Waals surface area (Å²) in [6, 6.07) is 3.03. The third-order valence-corrected chi connectivity index (χ3v) is 7.86. The smallest absolute Gasteiger partial charge is 0.338 e. The monoisotopic (exact) mass is 510 g/mol. The van der Waals surface area contributed by atoms with Crippen LogP contribution in [-0.4, -0.2) is 67.9 Å². The lowest BCUT2D eigenvalue weighted by Crippen LogP contribution is -2.45. The van der Waals surface area contributed by atoms with Crippen LogP contribution >= 0.6 is 22.9 Å². The average molecular weight is 511 g/mol. The van der Waals surface area contributed by atoms with Crippen LogP contribution in [0.2, 0.25) is 5.02 Å². The zero-order valence-corrected chi connectivity index (χ0v) is 20.0. The van der Waals surface area contributed by atoms with Crippen molar-refractivity contribution in [2.75, 3.05) is 37.7 Å². The van der Waals surface area contributed by atoms with Gasteiger partial charge in [-0.05, 0) is 19.1 Å². The first-order chi connectivity index (χ1) is 15.8. The second-order valence-electron chi connectivity index (χ2n) is 7.44. The number of sulfone groups is 1. The molecule has 4 rings (SSSR count). The highest BCUT2D eigenvalue weighted by Crippen LogP contribution is 2.36.